The summed E-state index contributed by atoms with van der Waals surface area (Å²) in [5, 5.41) is 17.4. The fourth-order valence-electron chi connectivity index (χ4n) is 7.10. The lowest BCUT2D eigenvalue weighted by atomic mass is 9.81. The molecule has 1 saturated carbocycles. The largest absolute Gasteiger partial charge is 0.471 e. The van der Waals surface area contributed by atoms with Crippen molar-refractivity contribution in [2.24, 2.45) is 35.0 Å². The number of allylic oxidation sites excluding steroid dienone is 2. The molecule has 0 radical (unpaired) electrons. The molecule has 0 aromatic heterocycles. The van der Waals surface area contributed by atoms with Crippen molar-refractivity contribution in [1.29, 1.82) is 5.26 Å². The van der Waals surface area contributed by atoms with Crippen LogP contribution in [-0.2, 0) is 25.6 Å². The Labute approximate surface area is 241 Å². The Morgan fingerprint density at radius 3 is 2.48 bits per heavy atom. The maximum atomic E-state index is 13.9. The summed E-state index contributed by atoms with van der Waals surface area (Å²) in [6, 6.07) is 5.79. The molecule has 5 rings (SSSR count). The summed E-state index contributed by atoms with van der Waals surface area (Å²) in [5.74, 6) is -4.61. The number of amides is 4. The quantitative estimate of drug-likeness (QED) is 0.442. The lowest BCUT2D eigenvalue weighted by molar-refractivity contribution is -0.176. The number of para-hydroxylation sites is 1. The molecule has 1 aromatic carbocycles. The summed E-state index contributed by atoms with van der Waals surface area (Å²) in [5.41, 5.74) is 0.537. The Morgan fingerprint density at radius 1 is 1.12 bits per heavy atom. The van der Waals surface area contributed by atoms with Crippen molar-refractivity contribution in [2.75, 3.05) is 11.9 Å². The first kappa shape index (κ1) is 29.6. The molecule has 2 aliphatic heterocycles. The normalized spacial score (nSPS) is 29.2. The van der Waals surface area contributed by atoms with Gasteiger partial charge in [-0.25, -0.2) is 0 Å². The van der Waals surface area contributed by atoms with Crippen LogP contribution < -0.4 is 16.0 Å². The monoisotopic (exact) mass is 585 g/mol. The third-order valence-electron chi connectivity index (χ3n) is 9.10. The van der Waals surface area contributed by atoms with Crippen LogP contribution in [0.3, 0.4) is 0 Å². The van der Waals surface area contributed by atoms with E-state index >= 15 is 0 Å². The fourth-order valence-corrected chi connectivity index (χ4v) is 7.10. The van der Waals surface area contributed by atoms with Crippen LogP contribution in [-0.4, -0.2) is 59.4 Å². The van der Waals surface area contributed by atoms with Crippen LogP contribution in [0.25, 0.3) is 0 Å². The molecule has 9 nitrogen and oxygen atoms in total. The van der Waals surface area contributed by atoms with E-state index < -0.39 is 53.4 Å². The molecule has 1 aromatic rings. The predicted octanol–water partition coefficient (Wildman–Crippen LogP) is 2.94. The zero-order valence-corrected chi connectivity index (χ0v) is 23.6. The Balaban J connectivity index is 1.37. The van der Waals surface area contributed by atoms with Gasteiger partial charge in [-0.15, -0.1) is 0 Å². The van der Waals surface area contributed by atoms with Crippen molar-refractivity contribution < 1.29 is 32.3 Å². The van der Waals surface area contributed by atoms with Gasteiger partial charge in [0.05, 0.1) is 6.07 Å². The molecule has 4 amide bonds. The molecule has 6 unspecified atom stereocenters. The molecule has 1 saturated heterocycles. The van der Waals surface area contributed by atoms with E-state index in [0.717, 1.165) is 12.0 Å². The van der Waals surface area contributed by atoms with Crippen LogP contribution in [0.5, 0.6) is 0 Å². The maximum Gasteiger partial charge on any atom is 0.471 e. The molecule has 2 heterocycles. The van der Waals surface area contributed by atoms with Gasteiger partial charge in [0, 0.05) is 18.2 Å². The lowest BCUT2D eigenvalue weighted by Gasteiger charge is -2.37. The summed E-state index contributed by atoms with van der Waals surface area (Å²) >= 11 is 0. The summed E-state index contributed by atoms with van der Waals surface area (Å²) in [4.78, 5) is 53.7. The first-order valence-corrected chi connectivity index (χ1v) is 14.1. The number of fused-ring (bicyclic) bond motifs is 6. The van der Waals surface area contributed by atoms with Crippen LogP contribution in [0, 0.1) is 46.3 Å². The zero-order chi connectivity index (χ0) is 30.6. The van der Waals surface area contributed by atoms with Gasteiger partial charge in [-0.05, 0) is 60.0 Å². The summed E-state index contributed by atoms with van der Waals surface area (Å²) < 4.78 is 39.5. The second-order valence-corrected chi connectivity index (χ2v) is 12.9. The third-order valence-corrected chi connectivity index (χ3v) is 9.10. The highest BCUT2D eigenvalue weighted by atomic mass is 19.4. The Morgan fingerprint density at radius 2 is 1.81 bits per heavy atom. The van der Waals surface area contributed by atoms with E-state index in [4.69, 9.17) is 0 Å². The highest BCUT2D eigenvalue weighted by molar-refractivity contribution is 5.96. The number of carbonyl (C=O) groups is 4. The van der Waals surface area contributed by atoms with E-state index in [1.54, 1.807) is 26.8 Å². The van der Waals surface area contributed by atoms with Crippen molar-refractivity contribution in [3.63, 3.8) is 0 Å². The number of rotatable bonds is 6. The number of nitriles is 1. The zero-order valence-electron chi connectivity index (χ0n) is 23.6. The first-order chi connectivity index (χ1) is 19.7. The van der Waals surface area contributed by atoms with Crippen LogP contribution in [0.15, 0.2) is 36.4 Å². The minimum Gasteiger partial charge on any atom is -0.339 e. The molecule has 2 aliphatic carbocycles. The van der Waals surface area contributed by atoms with E-state index in [-0.39, 0.29) is 42.5 Å². The Bertz CT molecular complexity index is 1360. The van der Waals surface area contributed by atoms with Crippen LogP contribution in [0.4, 0.5) is 18.9 Å². The average Bonchev–Trinajstić information content (AvgIpc) is 3.63. The van der Waals surface area contributed by atoms with Gasteiger partial charge in [0.25, 0.3) is 0 Å². The molecule has 3 N–H and O–H groups in total. The number of nitrogens with zero attached hydrogens (tertiary/aromatic N) is 2. The minimum absolute atomic E-state index is 0.00700. The van der Waals surface area contributed by atoms with Crippen molar-refractivity contribution in [3.05, 3.63) is 42.0 Å². The van der Waals surface area contributed by atoms with Gasteiger partial charge in [-0.2, -0.15) is 18.4 Å². The number of carbonyl (C=O) groups excluding carboxylic acids is 4. The lowest BCUT2D eigenvalue weighted by Crippen LogP contribution is -2.60. The van der Waals surface area contributed by atoms with Crippen molar-refractivity contribution in [1.82, 2.24) is 15.5 Å². The fraction of sp³-hybridized carbons (Fsp3) is 0.567. The number of alkyl halides is 3. The van der Waals surface area contributed by atoms with Crippen molar-refractivity contribution >= 4 is 29.3 Å². The topological polar surface area (TPSA) is 131 Å². The SMILES string of the molecule is CC(C)(C)[C@H](NC(=O)C(F)(F)F)C(=O)N1CC2C3C=CC(C3)C2C1C(=O)N[C@H](C#N)CC1Cc2ccccc2NC1=O. The number of benzene rings is 1. The van der Waals surface area contributed by atoms with Gasteiger partial charge in [-0.3, -0.25) is 19.2 Å². The minimum atomic E-state index is -5.18. The second-order valence-electron chi connectivity index (χ2n) is 12.9. The molecule has 224 valence electrons. The summed E-state index contributed by atoms with van der Waals surface area (Å²) in [6.45, 7) is 4.79. The molecule has 8 atom stereocenters. The van der Waals surface area contributed by atoms with Crippen LogP contribution in [0.1, 0.15) is 39.2 Å². The van der Waals surface area contributed by atoms with Gasteiger partial charge in [0.2, 0.25) is 17.7 Å². The molecule has 2 fully saturated rings. The van der Waals surface area contributed by atoms with Crippen LogP contribution >= 0.6 is 0 Å². The maximum absolute atomic E-state index is 13.9. The van der Waals surface area contributed by atoms with Crippen molar-refractivity contribution in [3.8, 4) is 6.07 Å². The number of hydrogen-bond acceptors (Lipinski definition) is 5. The van der Waals surface area contributed by atoms with Gasteiger partial charge in [0.15, 0.2) is 0 Å². The molecule has 12 heteroatoms. The molecule has 0 spiro atoms. The standard InChI is InChI=1S/C30H34F3N5O4/c1-29(2,3)24(37-28(42)30(31,32)33)27(41)38-14-20-15-8-9-17(10-15)22(20)23(38)26(40)35-19(13-34)12-18-11-16-6-4-5-7-21(16)36-25(18)39/h4-9,15,17-20,22-24H,10-12,14H2,1-3H3,(H,35,40)(H,36,39)(H,37,42)/t15?,17?,18?,19-,20?,22?,23?,24+/m0/s1. The van der Waals surface area contributed by atoms with E-state index in [0.29, 0.717) is 12.1 Å². The number of halogens is 3. The molecular formula is C30H34F3N5O4. The summed E-state index contributed by atoms with van der Waals surface area (Å²) in [6.07, 6.45) is 0.150. The molecule has 2 bridgehead atoms. The Hall–Kier alpha value is -3.88. The van der Waals surface area contributed by atoms with Gasteiger partial charge >= 0.3 is 12.1 Å². The molecular weight excluding hydrogens is 551 g/mol. The summed E-state index contributed by atoms with van der Waals surface area (Å²) in [7, 11) is 0. The Kier molecular flexibility index (Phi) is 7.58. The highest BCUT2D eigenvalue weighted by Gasteiger charge is 2.59. The van der Waals surface area contributed by atoms with Crippen molar-refractivity contribution in [2.45, 2.75) is 64.3 Å². The molecule has 42 heavy (non-hydrogen) atoms. The van der Waals surface area contributed by atoms with Crippen LogP contribution in [0.2, 0.25) is 0 Å². The van der Waals surface area contributed by atoms with E-state index in [1.807, 2.05) is 29.6 Å². The highest BCUT2D eigenvalue weighted by Crippen LogP contribution is 2.54. The predicted molar refractivity (Wildman–Crippen MR) is 145 cm³/mol. The van der Waals surface area contributed by atoms with Gasteiger partial charge < -0.3 is 20.9 Å². The number of likely N-dealkylation sites (tertiary alicyclic amines) is 1. The number of nitrogens with one attached hydrogen (secondary N) is 3. The number of anilines is 1. The van der Waals surface area contributed by atoms with E-state index in [1.165, 1.54) is 4.90 Å². The van der Waals surface area contributed by atoms with E-state index in [9.17, 15) is 37.6 Å². The van der Waals surface area contributed by atoms with Gasteiger partial charge in [-0.1, -0.05) is 51.1 Å². The first-order valence-electron chi connectivity index (χ1n) is 14.1. The third kappa shape index (κ3) is 5.49. The second kappa shape index (κ2) is 10.7. The number of hydrogen-bond donors (Lipinski definition) is 3. The van der Waals surface area contributed by atoms with E-state index in [2.05, 4.69) is 22.8 Å². The molecule has 4 aliphatic rings. The average molecular weight is 586 g/mol. The smallest absolute Gasteiger partial charge is 0.339 e. The van der Waals surface area contributed by atoms with Gasteiger partial charge in [0.1, 0.15) is 18.1 Å².